The summed E-state index contributed by atoms with van der Waals surface area (Å²) in [5.74, 6) is -0.597. The van der Waals surface area contributed by atoms with Crippen LogP contribution in [0.2, 0.25) is 0 Å². The van der Waals surface area contributed by atoms with E-state index in [-0.39, 0.29) is 17.9 Å². The van der Waals surface area contributed by atoms with Crippen molar-refractivity contribution in [1.82, 2.24) is 10.6 Å². The third kappa shape index (κ3) is 3.99. The van der Waals surface area contributed by atoms with Crippen molar-refractivity contribution in [3.63, 3.8) is 0 Å². The molecule has 1 atom stereocenters. The lowest BCUT2D eigenvalue weighted by Crippen LogP contribution is -2.33. The van der Waals surface area contributed by atoms with Crippen LogP contribution in [0.15, 0.2) is 18.2 Å². The van der Waals surface area contributed by atoms with Crippen LogP contribution in [0.5, 0.6) is 0 Å². The standard InChI is InChI=1S/C14H18F2N2O/c1-9(12-8-11(15)4-5-13(12)16)17-6-7-18-14(19)10-2-3-10/h4-5,8-10,17H,2-3,6-7H2,1H3,(H,18,19). The van der Waals surface area contributed by atoms with Gasteiger partial charge in [-0.05, 0) is 38.0 Å². The highest BCUT2D eigenvalue weighted by molar-refractivity contribution is 5.80. The molecule has 1 aromatic rings. The van der Waals surface area contributed by atoms with E-state index in [0.717, 1.165) is 25.0 Å². The Morgan fingerprint density at radius 1 is 1.37 bits per heavy atom. The van der Waals surface area contributed by atoms with E-state index in [4.69, 9.17) is 0 Å². The number of carbonyl (C=O) groups excluding carboxylic acids is 1. The van der Waals surface area contributed by atoms with Crippen LogP contribution in [0.3, 0.4) is 0 Å². The number of nitrogens with one attached hydrogen (secondary N) is 2. The summed E-state index contributed by atoms with van der Waals surface area (Å²) in [7, 11) is 0. The third-order valence-corrected chi connectivity index (χ3v) is 3.25. The van der Waals surface area contributed by atoms with E-state index in [1.807, 2.05) is 0 Å². The van der Waals surface area contributed by atoms with Crippen LogP contribution in [-0.2, 0) is 4.79 Å². The van der Waals surface area contributed by atoms with Crippen molar-refractivity contribution in [2.45, 2.75) is 25.8 Å². The molecule has 3 nitrogen and oxygen atoms in total. The topological polar surface area (TPSA) is 41.1 Å². The maximum atomic E-state index is 13.5. The molecule has 2 rings (SSSR count). The average Bonchev–Trinajstić information content (AvgIpc) is 3.21. The highest BCUT2D eigenvalue weighted by atomic mass is 19.1. The van der Waals surface area contributed by atoms with Gasteiger partial charge in [-0.15, -0.1) is 0 Å². The number of amides is 1. The zero-order valence-electron chi connectivity index (χ0n) is 10.9. The first-order valence-electron chi connectivity index (χ1n) is 6.54. The number of hydrogen-bond acceptors (Lipinski definition) is 2. The Kier molecular flexibility index (Phi) is 4.47. The molecule has 1 unspecified atom stereocenters. The zero-order chi connectivity index (χ0) is 13.8. The Labute approximate surface area is 111 Å². The molecule has 19 heavy (non-hydrogen) atoms. The van der Waals surface area contributed by atoms with Crippen LogP contribution in [0.4, 0.5) is 8.78 Å². The molecular formula is C14H18F2N2O. The molecule has 2 N–H and O–H groups in total. The van der Waals surface area contributed by atoms with Gasteiger partial charge in [0.05, 0.1) is 0 Å². The van der Waals surface area contributed by atoms with Crippen LogP contribution in [0.25, 0.3) is 0 Å². The van der Waals surface area contributed by atoms with E-state index < -0.39 is 11.6 Å². The Morgan fingerprint density at radius 3 is 2.79 bits per heavy atom. The largest absolute Gasteiger partial charge is 0.355 e. The van der Waals surface area contributed by atoms with E-state index in [1.165, 1.54) is 6.07 Å². The second-order valence-corrected chi connectivity index (χ2v) is 4.91. The molecule has 1 fully saturated rings. The van der Waals surface area contributed by atoms with Crippen LogP contribution in [0, 0.1) is 17.6 Å². The van der Waals surface area contributed by atoms with E-state index >= 15 is 0 Å². The Bertz CT molecular complexity index is 461. The van der Waals surface area contributed by atoms with Gasteiger partial charge in [-0.3, -0.25) is 4.79 Å². The highest BCUT2D eigenvalue weighted by Crippen LogP contribution is 2.28. The molecule has 0 bridgehead atoms. The lowest BCUT2D eigenvalue weighted by molar-refractivity contribution is -0.122. The highest BCUT2D eigenvalue weighted by Gasteiger charge is 2.28. The summed E-state index contributed by atoms with van der Waals surface area (Å²) in [5.41, 5.74) is 0.300. The summed E-state index contributed by atoms with van der Waals surface area (Å²) in [4.78, 5) is 11.4. The molecule has 1 aromatic carbocycles. The summed E-state index contributed by atoms with van der Waals surface area (Å²) in [5, 5.41) is 5.87. The number of rotatable bonds is 6. The first kappa shape index (κ1) is 13.9. The van der Waals surface area contributed by atoms with Gasteiger partial charge in [-0.25, -0.2) is 8.78 Å². The molecule has 0 heterocycles. The minimum atomic E-state index is -0.452. The lowest BCUT2D eigenvalue weighted by atomic mass is 10.1. The predicted octanol–water partition coefficient (Wildman–Crippen LogP) is 2.14. The van der Waals surface area contributed by atoms with E-state index in [0.29, 0.717) is 18.7 Å². The summed E-state index contributed by atoms with van der Waals surface area (Å²) in [6.45, 7) is 2.78. The third-order valence-electron chi connectivity index (χ3n) is 3.25. The van der Waals surface area contributed by atoms with E-state index in [1.54, 1.807) is 6.92 Å². The van der Waals surface area contributed by atoms with Gasteiger partial charge in [-0.2, -0.15) is 0 Å². The van der Waals surface area contributed by atoms with Gasteiger partial charge in [0.2, 0.25) is 5.91 Å². The zero-order valence-corrected chi connectivity index (χ0v) is 10.9. The van der Waals surface area contributed by atoms with Gasteiger partial charge in [0, 0.05) is 30.6 Å². The maximum absolute atomic E-state index is 13.5. The number of benzene rings is 1. The van der Waals surface area contributed by atoms with E-state index in [2.05, 4.69) is 10.6 Å². The maximum Gasteiger partial charge on any atom is 0.223 e. The molecular weight excluding hydrogens is 250 g/mol. The fourth-order valence-corrected chi connectivity index (χ4v) is 1.92. The van der Waals surface area contributed by atoms with Crippen LogP contribution >= 0.6 is 0 Å². The average molecular weight is 268 g/mol. The Balaban J connectivity index is 1.75. The molecule has 1 aliphatic rings. The van der Waals surface area contributed by atoms with Crippen LogP contribution in [0.1, 0.15) is 31.4 Å². The van der Waals surface area contributed by atoms with Crippen molar-refractivity contribution >= 4 is 5.91 Å². The lowest BCUT2D eigenvalue weighted by Gasteiger charge is -2.15. The molecule has 1 saturated carbocycles. The SMILES string of the molecule is CC(NCCNC(=O)C1CC1)c1cc(F)ccc1F. The first-order chi connectivity index (χ1) is 9.08. The summed E-state index contributed by atoms with van der Waals surface area (Å²) < 4.78 is 26.5. The summed E-state index contributed by atoms with van der Waals surface area (Å²) >= 11 is 0. The fourth-order valence-electron chi connectivity index (χ4n) is 1.92. The van der Waals surface area contributed by atoms with Gasteiger partial charge in [0.15, 0.2) is 0 Å². The minimum absolute atomic E-state index is 0.0892. The van der Waals surface area contributed by atoms with Gasteiger partial charge < -0.3 is 10.6 Å². The molecule has 0 spiro atoms. The van der Waals surface area contributed by atoms with Crippen LogP contribution < -0.4 is 10.6 Å². The van der Waals surface area contributed by atoms with Gasteiger partial charge >= 0.3 is 0 Å². The minimum Gasteiger partial charge on any atom is -0.355 e. The molecule has 1 aliphatic carbocycles. The second kappa shape index (κ2) is 6.10. The molecule has 1 amide bonds. The van der Waals surface area contributed by atoms with Crippen molar-refractivity contribution in [2.24, 2.45) is 5.92 Å². The smallest absolute Gasteiger partial charge is 0.223 e. The quantitative estimate of drug-likeness (QED) is 0.776. The normalized spacial score (nSPS) is 16.2. The number of hydrogen-bond donors (Lipinski definition) is 2. The first-order valence-corrected chi connectivity index (χ1v) is 6.54. The Hall–Kier alpha value is -1.49. The van der Waals surface area contributed by atoms with Crippen molar-refractivity contribution < 1.29 is 13.6 Å². The summed E-state index contributed by atoms with van der Waals surface area (Å²) in [6, 6.07) is 3.11. The molecule has 0 aliphatic heterocycles. The van der Waals surface area contributed by atoms with Crippen molar-refractivity contribution in [3.8, 4) is 0 Å². The van der Waals surface area contributed by atoms with Gasteiger partial charge in [0.1, 0.15) is 11.6 Å². The molecule has 0 aromatic heterocycles. The van der Waals surface area contributed by atoms with Gasteiger partial charge in [-0.1, -0.05) is 0 Å². The van der Waals surface area contributed by atoms with Crippen molar-refractivity contribution in [3.05, 3.63) is 35.4 Å². The van der Waals surface area contributed by atoms with E-state index in [9.17, 15) is 13.6 Å². The van der Waals surface area contributed by atoms with Gasteiger partial charge in [0.25, 0.3) is 0 Å². The summed E-state index contributed by atoms with van der Waals surface area (Å²) in [6.07, 6.45) is 1.95. The predicted molar refractivity (Wildman–Crippen MR) is 68.5 cm³/mol. The monoisotopic (exact) mass is 268 g/mol. The molecule has 5 heteroatoms. The fraction of sp³-hybridized carbons (Fsp3) is 0.500. The molecule has 0 radical (unpaired) electrons. The number of halogens is 2. The second-order valence-electron chi connectivity index (χ2n) is 4.91. The van der Waals surface area contributed by atoms with Crippen molar-refractivity contribution in [1.29, 1.82) is 0 Å². The Morgan fingerprint density at radius 2 is 2.11 bits per heavy atom. The van der Waals surface area contributed by atoms with Crippen LogP contribution in [-0.4, -0.2) is 19.0 Å². The molecule has 0 saturated heterocycles. The number of carbonyl (C=O) groups is 1. The van der Waals surface area contributed by atoms with Crippen molar-refractivity contribution in [2.75, 3.05) is 13.1 Å². The molecule has 104 valence electrons.